The molecule has 2 heterocycles. The van der Waals surface area contributed by atoms with Crippen LogP contribution in [-0.4, -0.2) is 55.3 Å². The lowest BCUT2D eigenvalue weighted by Gasteiger charge is -2.35. The average molecular weight is 440 g/mol. The number of amides is 1. The molecule has 174 valence electrons. The van der Waals surface area contributed by atoms with Gasteiger partial charge >= 0.3 is 0 Å². The number of morpholine rings is 1. The standard InChI is InChI=1S/C26H37N3O3/c1-19-17-24(20(2)29(19)22-7-5-4-6-8-22)26(30)27-18-25(28-13-15-32-16-14-28)21-9-11-23(31-3)12-10-21/h9-12,17,22,25H,4-8,13-16,18H2,1-3H3,(H,27,30). The first-order valence-electron chi connectivity index (χ1n) is 12.0. The van der Waals surface area contributed by atoms with E-state index in [1.165, 1.54) is 43.4 Å². The van der Waals surface area contributed by atoms with Gasteiger partial charge in [-0.1, -0.05) is 31.4 Å². The van der Waals surface area contributed by atoms with Crippen LogP contribution in [0.2, 0.25) is 0 Å². The summed E-state index contributed by atoms with van der Waals surface area (Å²) >= 11 is 0. The van der Waals surface area contributed by atoms with Gasteiger partial charge in [-0.3, -0.25) is 9.69 Å². The molecular weight excluding hydrogens is 402 g/mol. The largest absolute Gasteiger partial charge is 0.497 e. The molecule has 2 aromatic rings. The van der Waals surface area contributed by atoms with Crippen molar-refractivity contribution in [3.63, 3.8) is 0 Å². The van der Waals surface area contributed by atoms with Gasteiger partial charge in [0.15, 0.2) is 0 Å². The summed E-state index contributed by atoms with van der Waals surface area (Å²) in [7, 11) is 1.68. The number of aromatic nitrogens is 1. The van der Waals surface area contributed by atoms with Gasteiger partial charge in [0.1, 0.15) is 5.75 Å². The monoisotopic (exact) mass is 439 g/mol. The van der Waals surface area contributed by atoms with E-state index in [-0.39, 0.29) is 11.9 Å². The molecule has 0 spiro atoms. The fourth-order valence-electron chi connectivity index (χ4n) is 5.37. The summed E-state index contributed by atoms with van der Waals surface area (Å²) in [6.45, 7) is 7.97. The normalized spacial score (nSPS) is 19.0. The van der Waals surface area contributed by atoms with E-state index in [4.69, 9.17) is 9.47 Å². The summed E-state index contributed by atoms with van der Waals surface area (Å²) in [6.07, 6.45) is 6.33. The SMILES string of the molecule is COc1ccc(C(CNC(=O)c2cc(C)n(C3CCCCC3)c2C)N2CCOCC2)cc1. The highest BCUT2D eigenvalue weighted by atomic mass is 16.5. The first kappa shape index (κ1) is 22.9. The predicted octanol–water partition coefficient (Wildman–Crippen LogP) is 4.42. The van der Waals surface area contributed by atoms with Gasteiger partial charge in [0, 0.05) is 37.1 Å². The van der Waals surface area contributed by atoms with Crippen LogP contribution in [0.25, 0.3) is 0 Å². The van der Waals surface area contributed by atoms with Crippen molar-refractivity contribution in [3.05, 3.63) is 52.8 Å². The van der Waals surface area contributed by atoms with E-state index in [1.54, 1.807) is 7.11 Å². The Hall–Kier alpha value is -2.31. The Morgan fingerprint density at radius 1 is 1.12 bits per heavy atom. The van der Waals surface area contributed by atoms with Crippen molar-refractivity contribution < 1.29 is 14.3 Å². The summed E-state index contributed by atoms with van der Waals surface area (Å²) in [5, 5.41) is 3.24. The number of carbonyl (C=O) groups excluding carboxylic acids is 1. The quantitative estimate of drug-likeness (QED) is 0.694. The summed E-state index contributed by atoms with van der Waals surface area (Å²) in [6, 6.07) is 10.9. The molecule has 32 heavy (non-hydrogen) atoms. The minimum absolute atomic E-state index is 0.0203. The Bertz CT molecular complexity index is 894. The molecule has 2 fully saturated rings. The van der Waals surface area contributed by atoms with E-state index in [0.29, 0.717) is 12.6 Å². The number of hydrogen-bond acceptors (Lipinski definition) is 4. The maximum atomic E-state index is 13.2. The van der Waals surface area contributed by atoms with Crippen LogP contribution in [-0.2, 0) is 4.74 Å². The number of benzene rings is 1. The first-order valence-corrected chi connectivity index (χ1v) is 12.0. The lowest BCUT2D eigenvalue weighted by atomic mass is 9.95. The molecule has 0 bridgehead atoms. The third-order valence-electron chi connectivity index (χ3n) is 7.11. The highest BCUT2D eigenvalue weighted by Gasteiger charge is 2.26. The first-order chi connectivity index (χ1) is 15.6. The van der Waals surface area contributed by atoms with Gasteiger partial charge in [-0.15, -0.1) is 0 Å². The number of nitrogens with one attached hydrogen (secondary N) is 1. The van der Waals surface area contributed by atoms with E-state index in [0.717, 1.165) is 43.3 Å². The van der Waals surface area contributed by atoms with Gasteiger partial charge < -0.3 is 19.4 Å². The number of nitrogens with zero attached hydrogens (tertiary/aromatic N) is 2. The maximum absolute atomic E-state index is 13.2. The number of aryl methyl sites for hydroxylation is 1. The van der Waals surface area contributed by atoms with Crippen molar-refractivity contribution in [2.75, 3.05) is 40.0 Å². The summed E-state index contributed by atoms with van der Waals surface area (Å²) < 4.78 is 13.3. The Labute approximate surface area is 191 Å². The van der Waals surface area contributed by atoms with Gasteiger partial charge in [0.2, 0.25) is 0 Å². The minimum atomic E-state index is 0.0203. The van der Waals surface area contributed by atoms with Crippen molar-refractivity contribution >= 4 is 5.91 Å². The summed E-state index contributed by atoms with van der Waals surface area (Å²) in [4.78, 5) is 15.6. The van der Waals surface area contributed by atoms with Crippen LogP contribution in [0.5, 0.6) is 5.75 Å². The van der Waals surface area contributed by atoms with Crippen LogP contribution in [0.4, 0.5) is 0 Å². The third-order valence-corrected chi connectivity index (χ3v) is 7.11. The van der Waals surface area contributed by atoms with Crippen LogP contribution in [0, 0.1) is 13.8 Å². The molecule has 0 radical (unpaired) electrons. The van der Waals surface area contributed by atoms with Crippen LogP contribution >= 0.6 is 0 Å². The van der Waals surface area contributed by atoms with Crippen LogP contribution in [0.3, 0.4) is 0 Å². The smallest absolute Gasteiger partial charge is 0.253 e. The zero-order chi connectivity index (χ0) is 22.5. The highest BCUT2D eigenvalue weighted by Crippen LogP contribution is 2.32. The number of ether oxygens (including phenoxy) is 2. The second-order valence-electron chi connectivity index (χ2n) is 9.09. The van der Waals surface area contributed by atoms with Gasteiger partial charge in [0.25, 0.3) is 5.91 Å². The minimum Gasteiger partial charge on any atom is -0.497 e. The van der Waals surface area contributed by atoms with Crippen molar-refractivity contribution in [2.24, 2.45) is 0 Å². The maximum Gasteiger partial charge on any atom is 0.253 e. The summed E-state index contributed by atoms with van der Waals surface area (Å²) in [5.74, 6) is 0.862. The van der Waals surface area contributed by atoms with Crippen LogP contribution in [0.1, 0.15) is 71.5 Å². The molecule has 1 saturated carbocycles. The zero-order valence-electron chi connectivity index (χ0n) is 19.7. The van der Waals surface area contributed by atoms with E-state index in [9.17, 15) is 4.79 Å². The highest BCUT2D eigenvalue weighted by molar-refractivity contribution is 5.95. The molecule has 2 aliphatic rings. The fourth-order valence-corrected chi connectivity index (χ4v) is 5.37. The number of hydrogen-bond donors (Lipinski definition) is 1. The topological polar surface area (TPSA) is 55.7 Å². The average Bonchev–Trinajstić information content (AvgIpc) is 3.14. The molecule has 4 rings (SSSR count). The molecule has 6 heteroatoms. The molecule has 1 atom stereocenters. The van der Waals surface area contributed by atoms with Gasteiger partial charge in [-0.25, -0.2) is 0 Å². The number of rotatable bonds is 7. The van der Waals surface area contributed by atoms with Gasteiger partial charge in [-0.2, -0.15) is 0 Å². The Morgan fingerprint density at radius 2 is 1.81 bits per heavy atom. The van der Waals surface area contributed by atoms with Crippen LogP contribution < -0.4 is 10.1 Å². The molecule has 1 aromatic carbocycles. The zero-order valence-corrected chi connectivity index (χ0v) is 19.7. The van der Waals surface area contributed by atoms with E-state index in [1.807, 2.05) is 12.1 Å². The molecule has 1 aliphatic carbocycles. The third kappa shape index (κ3) is 5.02. The molecule has 1 N–H and O–H groups in total. The lowest BCUT2D eigenvalue weighted by Crippen LogP contribution is -2.43. The van der Waals surface area contributed by atoms with E-state index in [2.05, 4.69) is 46.8 Å². The van der Waals surface area contributed by atoms with Gasteiger partial charge in [0.05, 0.1) is 31.9 Å². The Morgan fingerprint density at radius 3 is 2.47 bits per heavy atom. The Balaban J connectivity index is 1.49. The molecule has 1 aliphatic heterocycles. The molecular formula is C26H37N3O3. The second kappa shape index (κ2) is 10.5. The summed E-state index contributed by atoms with van der Waals surface area (Å²) in [5.41, 5.74) is 4.28. The molecule has 6 nitrogen and oxygen atoms in total. The van der Waals surface area contributed by atoms with Crippen molar-refractivity contribution in [1.29, 1.82) is 0 Å². The van der Waals surface area contributed by atoms with E-state index >= 15 is 0 Å². The van der Waals surface area contributed by atoms with E-state index < -0.39 is 0 Å². The van der Waals surface area contributed by atoms with Gasteiger partial charge in [-0.05, 0) is 50.5 Å². The van der Waals surface area contributed by atoms with Crippen molar-refractivity contribution in [3.8, 4) is 5.75 Å². The van der Waals surface area contributed by atoms with Crippen LogP contribution in [0.15, 0.2) is 30.3 Å². The number of methoxy groups -OCH3 is 1. The number of carbonyl (C=O) groups is 1. The van der Waals surface area contributed by atoms with Crippen molar-refractivity contribution in [2.45, 2.75) is 58.0 Å². The Kier molecular flexibility index (Phi) is 7.53. The predicted molar refractivity (Wildman–Crippen MR) is 126 cm³/mol. The fraction of sp³-hybridized carbons (Fsp3) is 0.577. The molecule has 1 aromatic heterocycles. The second-order valence-corrected chi connectivity index (χ2v) is 9.09. The molecule has 1 amide bonds. The lowest BCUT2D eigenvalue weighted by molar-refractivity contribution is 0.0162. The molecule has 1 saturated heterocycles. The molecule has 1 unspecified atom stereocenters. The van der Waals surface area contributed by atoms with Crippen molar-refractivity contribution in [1.82, 2.24) is 14.8 Å².